The quantitative estimate of drug-likeness (QED) is 0.729. The van der Waals surface area contributed by atoms with E-state index in [0.29, 0.717) is 4.31 Å². The Bertz CT molecular complexity index is 524. The van der Waals surface area contributed by atoms with Gasteiger partial charge in [-0.25, -0.2) is 8.42 Å². The van der Waals surface area contributed by atoms with Crippen LogP contribution in [0.2, 0.25) is 0 Å². The molecule has 0 bridgehead atoms. The first-order valence-electron chi connectivity index (χ1n) is 6.60. The maximum atomic E-state index is 12.6. The van der Waals surface area contributed by atoms with Crippen molar-refractivity contribution in [3.63, 3.8) is 0 Å². The van der Waals surface area contributed by atoms with Crippen molar-refractivity contribution in [1.29, 1.82) is 0 Å². The molecule has 2 heterocycles. The molecule has 0 aromatic rings. The number of ether oxygens (including phenoxy) is 2. The van der Waals surface area contributed by atoms with Crippen molar-refractivity contribution >= 4 is 15.9 Å². The molecular formula is C11H17F3N2O5S. The van der Waals surface area contributed by atoms with Crippen LogP contribution in [0.1, 0.15) is 0 Å². The van der Waals surface area contributed by atoms with E-state index in [4.69, 9.17) is 4.74 Å². The van der Waals surface area contributed by atoms with Crippen molar-refractivity contribution in [2.24, 2.45) is 11.8 Å². The Labute approximate surface area is 125 Å². The molecule has 2 saturated heterocycles. The molecular weight excluding hydrogens is 329 g/mol. The summed E-state index contributed by atoms with van der Waals surface area (Å²) in [6.07, 6.45) is -0.568. The molecule has 128 valence electrons. The fourth-order valence-corrected chi connectivity index (χ4v) is 3.75. The maximum Gasteiger partial charge on any atom is 0.511 e. The zero-order chi connectivity index (χ0) is 16.5. The highest BCUT2D eigenvalue weighted by Crippen LogP contribution is 2.38. The molecule has 0 saturated carbocycles. The maximum absolute atomic E-state index is 12.6. The second-order valence-electron chi connectivity index (χ2n) is 5.30. The number of nitrogens with one attached hydrogen (secondary N) is 1. The van der Waals surface area contributed by atoms with Gasteiger partial charge in [0, 0.05) is 38.6 Å². The summed E-state index contributed by atoms with van der Waals surface area (Å²) in [5.74, 6) is -0.928. The second-order valence-corrected chi connectivity index (χ2v) is 7.23. The highest BCUT2D eigenvalue weighted by atomic mass is 32.2. The van der Waals surface area contributed by atoms with E-state index in [2.05, 4.69) is 10.1 Å². The third-order valence-corrected chi connectivity index (χ3v) is 5.44. The van der Waals surface area contributed by atoms with Gasteiger partial charge in [0.1, 0.15) is 6.61 Å². The average molecular weight is 346 g/mol. The molecule has 1 N–H and O–H groups in total. The van der Waals surface area contributed by atoms with E-state index < -0.39 is 21.6 Å². The molecule has 1 amide bonds. The largest absolute Gasteiger partial charge is 0.511 e. The topological polar surface area (TPSA) is 84.9 Å². The number of amides is 1. The van der Waals surface area contributed by atoms with Crippen LogP contribution in [0.4, 0.5) is 13.2 Å². The summed E-state index contributed by atoms with van der Waals surface area (Å²) in [5, 5.41) is 2.59. The van der Waals surface area contributed by atoms with Gasteiger partial charge in [0.25, 0.3) is 0 Å². The number of carbonyl (C=O) groups is 1. The monoisotopic (exact) mass is 346 g/mol. The summed E-state index contributed by atoms with van der Waals surface area (Å²) in [6, 6.07) is 0. The Morgan fingerprint density at radius 3 is 2.68 bits per heavy atom. The van der Waals surface area contributed by atoms with Crippen LogP contribution in [0.25, 0.3) is 0 Å². The van der Waals surface area contributed by atoms with E-state index in [0.717, 1.165) is 0 Å². The van der Waals surface area contributed by atoms with Gasteiger partial charge < -0.3 is 14.8 Å². The molecule has 22 heavy (non-hydrogen) atoms. The molecule has 2 rings (SSSR count). The first-order valence-corrected chi connectivity index (χ1v) is 8.04. The Hall–Kier alpha value is -0.910. The van der Waals surface area contributed by atoms with E-state index in [-0.39, 0.29) is 50.6 Å². The van der Waals surface area contributed by atoms with Crippen LogP contribution >= 0.6 is 0 Å². The minimum Gasteiger partial charge on any atom is -0.376 e. The van der Waals surface area contributed by atoms with Crippen LogP contribution in [0.5, 0.6) is 0 Å². The number of hydrogen-bond donors (Lipinski definition) is 1. The number of sulfonamides is 1. The minimum atomic E-state index is -5.34. The Balaban J connectivity index is 1.95. The van der Waals surface area contributed by atoms with E-state index in [1.165, 1.54) is 7.11 Å². The molecule has 3 atom stereocenters. The van der Waals surface area contributed by atoms with Crippen LogP contribution in [-0.2, 0) is 24.3 Å². The van der Waals surface area contributed by atoms with E-state index in [1.807, 2.05) is 0 Å². The molecule has 0 aromatic carbocycles. The van der Waals surface area contributed by atoms with Gasteiger partial charge in [-0.15, -0.1) is 0 Å². The smallest absolute Gasteiger partial charge is 0.376 e. The number of nitrogens with zero attached hydrogens (tertiary/aromatic N) is 1. The summed E-state index contributed by atoms with van der Waals surface area (Å²) >= 11 is 0. The first kappa shape index (κ1) is 17.4. The lowest BCUT2D eigenvalue weighted by Gasteiger charge is -2.20. The second kappa shape index (κ2) is 6.30. The third-order valence-electron chi connectivity index (χ3n) is 3.87. The Morgan fingerprint density at radius 2 is 2.09 bits per heavy atom. The minimum absolute atomic E-state index is 0.115. The molecule has 0 aliphatic carbocycles. The van der Waals surface area contributed by atoms with Crippen molar-refractivity contribution in [1.82, 2.24) is 9.62 Å². The SMILES string of the molecule is COCC(=O)NC[C@H]1CO[C@@H]2CN(S(=O)(=O)C(F)(F)F)C[C@H]12. The number of carbonyl (C=O) groups excluding carboxylic acids is 1. The molecule has 0 spiro atoms. The van der Waals surface area contributed by atoms with Crippen molar-refractivity contribution in [3.8, 4) is 0 Å². The van der Waals surface area contributed by atoms with Gasteiger partial charge in [0.2, 0.25) is 5.91 Å². The van der Waals surface area contributed by atoms with Gasteiger partial charge in [-0.1, -0.05) is 0 Å². The van der Waals surface area contributed by atoms with Gasteiger partial charge in [0.05, 0.1) is 12.7 Å². The molecule has 7 nitrogen and oxygen atoms in total. The third kappa shape index (κ3) is 3.36. The molecule has 0 aromatic heterocycles. The molecule has 11 heteroatoms. The lowest BCUT2D eigenvalue weighted by molar-refractivity contribution is -0.124. The van der Waals surface area contributed by atoms with E-state index in [9.17, 15) is 26.4 Å². The van der Waals surface area contributed by atoms with Crippen LogP contribution in [0, 0.1) is 11.8 Å². The van der Waals surface area contributed by atoms with Crippen molar-refractivity contribution in [2.75, 3.05) is 40.0 Å². The van der Waals surface area contributed by atoms with Gasteiger partial charge in [-0.05, 0) is 0 Å². The standard InChI is InChI=1S/C11H17F3N2O5S/c1-20-6-10(17)15-2-7-5-21-9-4-16(3-8(7)9)22(18,19)11(12,13)14/h7-9H,2-6H2,1H3,(H,15,17)/t7-,8+,9+/m0/s1. The van der Waals surface area contributed by atoms with Crippen LogP contribution < -0.4 is 5.32 Å². The summed E-state index contributed by atoms with van der Waals surface area (Å²) in [7, 11) is -3.97. The molecule has 0 radical (unpaired) electrons. The van der Waals surface area contributed by atoms with E-state index >= 15 is 0 Å². The number of fused-ring (bicyclic) bond motifs is 1. The lowest BCUT2D eigenvalue weighted by atomic mass is 9.93. The number of hydrogen-bond acceptors (Lipinski definition) is 5. The van der Waals surface area contributed by atoms with Gasteiger partial charge >= 0.3 is 15.5 Å². The highest BCUT2D eigenvalue weighted by Gasteiger charge is 2.55. The predicted octanol–water partition coefficient (Wildman–Crippen LogP) is -0.455. The van der Waals surface area contributed by atoms with Crippen LogP contribution in [-0.4, -0.2) is 70.2 Å². The fraction of sp³-hybridized carbons (Fsp3) is 0.909. The zero-order valence-corrected chi connectivity index (χ0v) is 12.6. The fourth-order valence-electron chi connectivity index (χ4n) is 2.74. The van der Waals surface area contributed by atoms with Gasteiger partial charge in [0.15, 0.2) is 0 Å². The van der Waals surface area contributed by atoms with Gasteiger partial charge in [-0.3, -0.25) is 4.79 Å². The summed E-state index contributed by atoms with van der Waals surface area (Å²) in [4.78, 5) is 11.3. The summed E-state index contributed by atoms with van der Waals surface area (Å²) in [6.45, 7) is -0.186. The Morgan fingerprint density at radius 1 is 1.41 bits per heavy atom. The number of halogens is 3. The Kier molecular flexibility index (Phi) is 5.00. The predicted molar refractivity (Wildman–Crippen MR) is 68.2 cm³/mol. The zero-order valence-electron chi connectivity index (χ0n) is 11.8. The normalized spacial score (nSPS) is 29.5. The molecule has 2 aliphatic heterocycles. The number of rotatable bonds is 5. The van der Waals surface area contributed by atoms with Crippen LogP contribution in [0.15, 0.2) is 0 Å². The molecule has 0 unspecified atom stereocenters. The summed E-state index contributed by atoms with van der Waals surface area (Å²) in [5.41, 5.74) is -5.31. The molecule has 2 aliphatic rings. The van der Waals surface area contributed by atoms with Crippen LogP contribution in [0.3, 0.4) is 0 Å². The average Bonchev–Trinajstić information content (AvgIpc) is 2.95. The lowest BCUT2D eigenvalue weighted by Crippen LogP contribution is -2.41. The van der Waals surface area contributed by atoms with Gasteiger partial charge in [-0.2, -0.15) is 17.5 Å². The number of alkyl halides is 3. The number of methoxy groups -OCH3 is 1. The highest BCUT2D eigenvalue weighted by molar-refractivity contribution is 7.90. The molecule has 2 fully saturated rings. The summed E-state index contributed by atoms with van der Waals surface area (Å²) < 4.78 is 70.9. The van der Waals surface area contributed by atoms with Crippen molar-refractivity contribution in [3.05, 3.63) is 0 Å². The van der Waals surface area contributed by atoms with Crippen molar-refractivity contribution in [2.45, 2.75) is 11.6 Å². The van der Waals surface area contributed by atoms with E-state index in [1.54, 1.807) is 0 Å². The van der Waals surface area contributed by atoms with Crippen molar-refractivity contribution < 1.29 is 35.9 Å². The first-order chi connectivity index (χ1) is 10.2.